The van der Waals surface area contributed by atoms with Crippen molar-refractivity contribution in [1.82, 2.24) is 0 Å². The largest absolute Gasteiger partial charge is 0.370 e. The molecule has 1 saturated heterocycles. The Kier molecular flexibility index (Phi) is 4.44. The monoisotopic (exact) mass is 271 g/mol. The van der Waals surface area contributed by atoms with Gasteiger partial charge in [0.1, 0.15) is 13.1 Å². The Morgan fingerprint density at radius 1 is 1.32 bits per heavy atom. The molecule has 1 atom stereocenters. The number of halogens is 2. The number of anilines is 1. The highest BCUT2D eigenvalue weighted by Gasteiger charge is 2.26. The molecule has 6 heteroatoms. The highest BCUT2D eigenvalue weighted by molar-refractivity contribution is 5.93. The Balaban J connectivity index is 1.97. The van der Waals surface area contributed by atoms with E-state index in [4.69, 9.17) is 4.74 Å². The second-order valence-corrected chi connectivity index (χ2v) is 4.61. The lowest BCUT2D eigenvalue weighted by atomic mass is 10.2. The van der Waals surface area contributed by atoms with Gasteiger partial charge in [0.25, 0.3) is 5.91 Å². The van der Waals surface area contributed by atoms with E-state index in [1.807, 2.05) is 6.92 Å². The molecule has 1 fully saturated rings. The third kappa shape index (κ3) is 3.48. The molecule has 4 nitrogen and oxygen atoms in total. The summed E-state index contributed by atoms with van der Waals surface area (Å²) in [6.45, 7) is 4.63. The molecule has 1 heterocycles. The molecule has 104 valence electrons. The van der Waals surface area contributed by atoms with Crippen molar-refractivity contribution in [3.8, 4) is 0 Å². The summed E-state index contributed by atoms with van der Waals surface area (Å²) in [6, 6.07) is 3.07. The highest BCUT2D eigenvalue weighted by Crippen LogP contribution is 2.13. The van der Waals surface area contributed by atoms with Gasteiger partial charge in [0, 0.05) is 11.8 Å². The van der Waals surface area contributed by atoms with Crippen LogP contribution in [0.4, 0.5) is 14.5 Å². The molecule has 0 radical (unpaired) electrons. The molecule has 1 aromatic carbocycles. The van der Waals surface area contributed by atoms with Crippen molar-refractivity contribution in [2.24, 2.45) is 0 Å². The number of ether oxygens (including phenoxy) is 1. The number of amides is 1. The molecule has 1 aromatic rings. The first-order chi connectivity index (χ1) is 9.08. The second kappa shape index (κ2) is 6.08. The standard InChI is InChI=1S/C13H16F2N2O2/c1-9(17-4-6-19-7-5-17)13(18)16-10-2-3-11(14)12(15)8-10/h2-3,8-9H,4-7H2,1H3,(H,16,18)/p+1/t9-/m1/s1. The number of morpholine rings is 1. The fourth-order valence-electron chi connectivity index (χ4n) is 2.08. The van der Waals surface area contributed by atoms with E-state index in [0.29, 0.717) is 13.2 Å². The van der Waals surface area contributed by atoms with Crippen molar-refractivity contribution in [3.05, 3.63) is 29.8 Å². The van der Waals surface area contributed by atoms with Crippen LogP contribution in [-0.2, 0) is 9.53 Å². The van der Waals surface area contributed by atoms with E-state index in [-0.39, 0.29) is 17.6 Å². The van der Waals surface area contributed by atoms with E-state index in [0.717, 1.165) is 30.1 Å². The number of nitrogens with one attached hydrogen (secondary N) is 2. The van der Waals surface area contributed by atoms with E-state index in [1.165, 1.54) is 6.07 Å². The summed E-state index contributed by atoms with van der Waals surface area (Å²) in [6.07, 6.45) is 0. The Bertz CT molecular complexity index is 462. The minimum absolute atomic E-state index is 0.206. The zero-order valence-corrected chi connectivity index (χ0v) is 10.7. The molecule has 0 aliphatic carbocycles. The summed E-state index contributed by atoms with van der Waals surface area (Å²) in [5.74, 6) is -2.10. The van der Waals surface area contributed by atoms with Crippen molar-refractivity contribution in [2.75, 3.05) is 31.6 Å². The lowest BCUT2D eigenvalue weighted by Gasteiger charge is -2.28. The van der Waals surface area contributed by atoms with E-state index in [1.54, 1.807) is 0 Å². The molecule has 1 amide bonds. The smallest absolute Gasteiger partial charge is 0.282 e. The molecule has 1 aliphatic rings. The number of carbonyl (C=O) groups excluding carboxylic acids is 1. The molecule has 19 heavy (non-hydrogen) atoms. The predicted molar refractivity (Wildman–Crippen MR) is 66.0 cm³/mol. The molecule has 0 aromatic heterocycles. The highest BCUT2D eigenvalue weighted by atomic mass is 19.2. The van der Waals surface area contributed by atoms with E-state index in [2.05, 4.69) is 5.32 Å². The minimum Gasteiger partial charge on any atom is -0.370 e. The van der Waals surface area contributed by atoms with Gasteiger partial charge in [-0.25, -0.2) is 8.78 Å². The van der Waals surface area contributed by atoms with Crippen LogP contribution in [0.5, 0.6) is 0 Å². The lowest BCUT2D eigenvalue weighted by Crippen LogP contribution is -3.18. The number of hydrogen-bond donors (Lipinski definition) is 2. The van der Waals surface area contributed by atoms with Gasteiger partial charge in [0.2, 0.25) is 0 Å². The summed E-state index contributed by atoms with van der Waals surface area (Å²) in [5.41, 5.74) is 0.267. The van der Waals surface area contributed by atoms with Crippen LogP contribution >= 0.6 is 0 Å². The molecule has 2 N–H and O–H groups in total. The van der Waals surface area contributed by atoms with Crippen LogP contribution in [0.1, 0.15) is 6.92 Å². The zero-order chi connectivity index (χ0) is 13.8. The Hall–Kier alpha value is -1.53. The minimum atomic E-state index is -0.968. The van der Waals surface area contributed by atoms with Gasteiger partial charge < -0.3 is 15.0 Å². The summed E-state index contributed by atoms with van der Waals surface area (Å²) in [7, 11) is 0. The summed E-state index contributed by atoms with van der Waals surface area (Å²) in [4.78, 5) is 13.1. The Morgan fingerprint density at radius 2 is 2.00 bits per heavy atom. The number of hydrogen-bond acceptors (Lipinski definition) is 2. The third-order valence-electron chi connectivity index (χ3n) is 3.33. The van der Waals surface area contributed by atoms with Crippen molar-refractivity contribution >= 4 is 11.6 Å². The maximum absolute atomic E-state index is 13.0. The first-order valence-electron chi connectivity index (χ1n) is 6.26. The van der Waals surface area contributed by atoms with Crippen LogP contribution < -0.4 is 10.2 Å². The van der Waals surface area contributed by atoms with Gasteiger partial charge in [0.15, 0.2) is 17.7 Å². The quantitative estimate of drug-likeness (QED) is 0.825. The van der Waals surface area contributed by atoms with Gasteiger partial charge in [-0.05, 0) is 19.1 Å². The number of quaternary nitrogens is 1. The average molecular weight is 271 g/mol. The van der Waals surface area contributed by atoms with Gasteiger partial charge in [-0.2, -0.15) is 0 Å². The molecule has 0 bridgehead atoms. The zero-order valence-electron chi connectivity index (χ0n) is 10.7. The van der Waals surface area contributed by atoms with Crippen LogP contribution in [0.15, 0.2) is 18.2 Å². The SMILES string of the molecule is C[C@H](C(=O)Nc1ccc(F)c(F)c1)[NH+]1CCOCC1. The van der Waals surface area contributed by atoms with Crippen LogP contribution in [-0.4, -0.2) is 38.3 Å². The van der Waals surface area contributed by atoms with Gasteiger partial charge in [-0.3, -0.25) is 4.79 Å². The van der Waals surface area contributed by atoms with E-state index >= 15 is 0 Å². The van der Waals surface area contributed by atoms with Crippen molar-refractivity contribution in [2.45, 2.75) is 13.0 Å². The van der Waals surface area contributed by atoms with Crippen LogP contribution in [0, 0.1) is 11.6 Å². The maximum Gasteiger partial charge on any atom is 0.282 e. The molecule has 0 unspecified atom stereocenters. The summed E-state index contributed by atoms with van der Waals surface area (Å²) < 4.78 is 31.1. The third-order valence-corrected chi connectivity index (χ3v) is 3.33. The van der Waals surface area contributed by atoms with Crippen LogP contribution in [0.3, 0.4) is 0 Å². The summed E-state index contributed by atoms with van der Waals surface area (Å²) in [5, 5.41) is 2.60. The van der Waals surface area contributed by atoms with Gasteiger partial charge >= 0.3 is 0 Å². The first-order valence-corrected chi connectivity index (χ1v) is 6.26. The molecule has 2 rings (SSSR count). The first kappa shape index (κ1) is 13.9. The summed E-state index contributed by atoms with van der Waals surface area (Å²) >= 11 is 0. The number of rotatable bonds is 3. The van der Waals surface area contributed by atoms with Crippen molar-refractivity contribution in [1.29, 1.82) is 0 Å². The van der Waals surface area contributed by atoms with Gasteiger partial charge in [-0.1, -0.05) is 0 Å². The Labute approximate surface area is 110 Å². The van der Waals surface area contributed by atoms with Crippen LogP contribution in [0.2, 0.25) is 0 Å². The number of benzene rings is 1. The van der Waals surface area contributed by atoms with Gasteiger partial charge in [0.05, 0.1) is 13.2 Å². The predicted octanol–water partition coefficient (Wildman–Crippen LogP) is 0.207. The molecule has 0 saturated carbocycles. The van der Waals surface area contributed by atoms with Crippen LogP contribution in [0.25, 0.3) is 0 Å². The molecular weight excluding hydrogens is 254 g/mol. The fraction of sp³-hybridized carbons (Fsp3) is 0.462. The Morgan fingerprint density at radius 3 is 2.63 bits per heavy atom. The molecule has 0 spiro atoms. The van der Waals surface area contributed by atoms with E-state index in [9.17, 15) is 13.6 Å². The fourth-order valence-corrected chi connectivity index (χ4v) is 2.08. The average Bonchev–Trinajstić information content (AvgIpc) is 2.43. The van der Waals surface area contributed by atoms with Gasteiger partial charge in [-0.15, -0.1) is 0 Å². The van der Waals surface area contributed by atoms with Crippen molar-refractivity contribution < 1.29 is 23.2 Å². The second-order valence-electron chi connectivity index (χ2n) is 4.61. The van der Waals surface area contributed by atoms with E-state index < -0.39 is 11.6 Å². The number of carbonyl (C=O) groups is 1. The molecule has 1 aliphatic heterocycles. The van der Waals surface area contributed by atoms with Crippen molar-refractivity contribution in [3.63, 3.8) is 0 Å². The topological polar surface area (TPSA) is 42.8 Å². The normalized spacial score (nSPS) is 18.1. The maximum atomic E-state index is 13.0. The lowest BCUT2D eigenvalue weighted by molar-refractivity contribution is -0.921. The molecular formula is C13H17F2N2O2+.